The van der Waals surface area contributed by atoms with Crippen LogP contribution in [0, 0.1) is 5.92 Å². The van der Waals surface area contributed by atoms with Gasteiger partial charge in [0, 0.05) is 25.2 Å². The van der Waals surface area contributed by atoms with Gasteiger partial charge in [0.15, 0.2) is 0 Å². The third-order valence-corrected chi connectivity index (χ3v) is 4.01. The lowest BCUT2D eigenvalue weighted by molar-refractivity contribution is 0.0622. The van der Waals surface area contributed by atoms with Gasteiger partial charge in [0.25, 0.3) is 5.91 Å². The van der Waals surface area contributed by atoms with Crippen LogP contribution in [0.1, 0.15) is 37.2 Å². The maximum absolute atomic E-state index is 12.4. The summed E-state index contributed by atoms with van der Waals surface area (Å²) in [7, 11) is 0. The highest BCUT2D eigenvalue weighted by molar-refractivity contribution is 5.92. The first-order valence-electron chi connectivity index (χ1n) is 7.37. The van der Waals surface area contributed by atoms with E-state index in [0.717, 1.165) is 32.5 Å². The Balaban J connectivity index is 2.07. The van der Waals surface area contributed by atoms with Crippen molar-refractivity contribution in [2.75, 3.05) is 19.6 Å². The first kappa shape index (κ1) is 14.8. The van der Waals surface area contributed by atoms with Crippen LogP contribution in [0.15, 0.2) is 23.0 Å². The average Bonchev–Trinajstić information content (AvgIpc) is 2.47. The van der Waals surface area contributed by atoms with Gasteiger partial charge in [0.2, 0.25) is 5.56 Å². The molecule has 1 aromatic heterocycles. The number of aromatic nitrogens is 1. The molecule has 0 spiro atoms. The van der Waals surface area contributed by atoms with Gasteiger partial charge in [-0.25, -0.2) is 0 Å². The molecule has 1 saturated heterocycles. The molecule has 2 unspecified atom stereocenters. The van der Waals surface area contributed by atoms with E-state index in [1.807, 2.05) is 4.90 Å². The lowest BCUT2D eigenvalue weighted by atomic mass is 9.89. The number of pyridine rings is 1. The maximum atomic E-state index is 12.4. The van der Waals surface area contributed by atoms with Crippen LogP contribution in [0.3, 0.4) is 0 Å². The van der Waals surface area contributed by atoms with Crippen LogP contribution in [-0.4, -0.2) is 41.5 Å². The van der Waals surface area contributed by atoms with Gasteiger partial charge in [0.05, 0.1) is 0 Å². The lowest BCUT2D eigenvalue weighted by Gasteiger charge is -2.38. The average molecular weight is 277 g/mol. The zero-order chi connectivity index (χ0) is 14.5. The number of rotatable bonds is 4. The second-order valence-electron chi connectivity index (χ2n) is 5.30. The number of likely N-dealkylation sites (tertiary alicyclic amines) is 1. The van der Waals surface area contributed by atoms with Crippen molar-refractivity contribution in [2.24, 2.45) is 5.92 Å². The molecule has 1 aliphatic heterocycles. The molecule has 20 heavy (non-hydrogen) atoms. The summed E-state index contributed by atoms with van der Waals surface area (Å²) < 4.78 is 0. The molecular formula is C15H23N3O2. The fraction of sp³-hybridized carbons (Fsp3) is 0.600. The predicted octanol–water partition coefficient (Wildman–Crippen LogP) is 1.23. The van der Waals surface area contributed by atoms with Crippen LogP contribution in [0.25, 0.3) is 0 Å². The maximum Gasteiger partial charge on any atom is 0.270 e. The fourth-order valence-electron chi connectivity index (χ4n) is 2.90. The first-order chi connectivity index (χ1) is 9.65. The predicted molar refractivity (Wildman–Crippen MR) is 78.8 cm³/mol. The molecule has 5 heteroatoms. The van der Waals surface area contributed by atoms with E-state index in [0.29, 0.717) is 17.7 Å². The Labute approximate surface area is 119 Å². The van der Waals surface area contributed by atoms with Crippen LogP contribution >= 0.6 is 0 Å². The third-order valence-electron chi connectivity index (χ3n) is 4.01. The molecule has 0 aromatic carbocycles. The van der Waals surface area contributed by atoms with E-state index in [4.69, 9.17) is 0 Å². The molecule has 2 heterocycles. The summed E-state index contributed by atoms with van der Waals surface area (Å²) in [5, 5.41) is 3.50. The monoisotopic (exact) mass is 277 g/mol. The van der Waals surface area contributed by atoms with Crippen LogP contribution in [0.4, 0.5) is 0 Å². The van der Waals surface area contributed by atoms with Gasteiger partial charge in [0.1, 0.15) is 5.69 Å². The van der Waals surface area contributed by atoms with E-state index >= 15 is 0 Å². The molecule has 110 valence electrons. The number of nitrogens with zero attached hydrogens (tertiary/aromatic N) is 1. The number of hydrogen-bond acceptors (Lipinski definition) is 3. The Kier molecular flexibility index (Phi) is 4.95. The van der Waals surface area contributed by atoms with Crippen molar-refractivity contribution >= 4 is 5.91 Å². The van der Waals surface area contributed by atoms with Crippen molar-refractivity contribution in [3.63, 3.8) is 0 Å². The van der Waals surface area contributed by atoms with Crippen molar-refractivity contribution < 1.29 is 4.79 Å². The van der Waals surface area contributed by atoms with Gasteiger partial charge in [-0.3, -0.25) is 9.59 Å². The molecule has 0 aliphatic carbocycles. The van der Waals surface area contributed by atoms with Crippen LogP contribution in [0.2, 0.25) is 0 Å². The zero-order valence-electron chi connectivity index (χ0n) is 12.2. The Morgan fingerprint density at radius 2 is 2.25 bits per heavy atom. The Bertz CT molecular complexity index is 512. The summed E-state index contributed by atoms with van der Waals surface area (Å²) in [4.78, 5) is 28.2. The molecule has 0 radical (unpaired) electrons. The number of carbonyl (C=O) groups is 1. The molecule has 1 amide bonds. The SMILES string of the molecule is CCNC1CCN(C(=O)c2cccc(=O)[nH]2)CC1CC. The number of carbonyl (C=O) groups excluding carboxylic acids is 1. The van der Waals surface area contributed by atoms with E-state index in [1.165, 1.54) is 6.07 Å². The molecule has 1 fully saturated rings. The highest BCUT2D eigenvalue weighted by atomic mass is 16.2. The van der Waals surface area contributed by atoms with Gasteiger partial charge in [-0.2, -0.15) is 0 Å². The Hall–Kier alpha value is -1.62. The van der Waals surface area contributed by atoms with Crippen molar-refractivity contribution in [1.29, 1.82) is 0 Å². The topological polar surface area (TPSA) is 65.2 Å². The van der Waals surface area contributed by atoms with E-state index in [2.05, 4.69) is 24.1 Å². The second kappa shape index (κ2) is 6.70. The fourth-order valence-corrected chi connectivity index (χ4v) is 2.90. The molecule has 2 atom stereocenters. The molecule has 0 saturated carbocycles. The minimum absolute atomic E-state index is 0.0731. The first-order valence-corrected chi connectivity index (χ1v) is 7.37. The summed E-state index contributed by atoms with van der Waals surface area (Å²) in [6, 6.07) is 5.20. The number of H-pyrrole nitrogens is 1. The Morgan fingerprint density at radius 3 is 2.90 bits per heavy atom. The number of nitrogens with one attached hydrogen (secondary N) is 2. The lowest BCUT2D eigenvalue weighted by Crippen LogP contribution is -2.51. The molecule has 1 aromatic rings. The van der Waals surface area contributed by atoms with Gasteiger partial charge in [-0.15, -0.1) is 0 Å². The van der Waals surface area contributed by atoms with Crippen molar-refractivity contribution in [3.8, 4) is 0 Å². The van der Waals surface area contributed by atoms with Crippen LogP contribution < -0.4 is 10.9 Å². The number of aromatic amines is 1. The summed E-state index contributed by atoms with van der Waals surface area (Å²) >= 11 is 0. The molecule has 2 N–H and O–H groups in total. The summed E-state index contributed by atoms with van der Waals surface area (Å²) in [6.07, 6.45) is 2.02. The Morgan fingerprint density at radius 1 is 1.45 bits per heavy atom. The van der Waals surface area contributed by atoms with Gasteiger partial charge >= 0.3 is 0 Å². The van der Waals surface area contributed by atoms with Gasteiger partial charge < -0.3 is 15.2 Å². The smallest absolute Gasteiger partial charge is 0.270 e. The number of piperidine rings is 1. The van der Waals surface area contributed by atoms with E-state index in [1.54, 1.807) is 12.1 Å². The van der Waals surface area contributed by atoms with Gasteiger partial charge in [-0.1, -0.05) is 26.3 Å². The number of hydrogen-bond donors (Lipinski definition) is 2. The summed E-state index contributed by atoms with van der Waals surface area (Å²) in [5.41, 5.74) is 0.152. The standard InChI is InChI=1S/C15H23N3O2/c1-3-11-10-18(9-8-12(11)16-4-2)15(20)13-6-5-7-14(19)17-13/h5-7,11-12,16H,3-4,8-10H2,1-2H3,(H,17,19). The largest absolute Gasteiger partial charge is 0.337 e. The quantitative estimate of drug-likeness (QED) is 0.870. The van der Waals surface area contributed by atoms with Crippen LogP contribution in [0.5, 0.6) is 0 Å². The third kappa shape index (κ3) is 3.28. The second-order valence-corrected chi connectivity index (χ2v) is 5.30. The molecule has 5 nitrogen and oxygen atoms in total. The van der Waals surface area contributed by atoms with Crippen molar-refractivity contribution in [1.82, 2.24) is 15.2 Å². The van der Waals surface area contributed by atoms with Crippen molar-refractivity contribution in [3.05, 3.63) is 34.2 Å². The molecular weight excluding hydrogens is 254 g/mol. The summed E-state index contributed by atoms with van der Waals surface area (Å²) in [5.74, 6) is 0.402. The van der Waals surface area contributed by atoms with E-state index in [9.17, 15) is 9.59 Å². The summed E-state index contributed by atoms with van der Waals surface area (Å²) in [6.45, 7) is 6.72. The van der Waals surface area contributed by atoms with E-state index in [-0.39, 0.29) is 11.5 Å². The minimum Gasteiger partial charge on any atom is -0.337 e. The highest BCUT2D eigenvalue weighted by Crippen LogP contribution is 2.21. The number of amides is 1. The normalized spacial score (nSPS) is 22.8. The minimum atomic E-state index is -0.231. The van der Waals surface area contributed by atoms with E-state index < -0.39 is 0 Å². The molecule has 0 bridgehead atoms. The van der Waals surface area contributed by atoms with Crippen LogP contribution in [-0.2, 0) is 0 Å². The highest BCUT2D eigenvalue weighted by Gasteiger charge is 2.30. The van der Waals surface area contributed by atoms with Gasteiger partial charge in [-0.05, 0) is 24.9 Å². The molecule has 1 aliphatic rings. The molecule has 2 rings (SSSR count). The van der Waals surface area contributed by atoms with Crippen molar-refractivity contribution in [2.45, 2.75) is 32.7 Å². The zero-order valence-corrected chi connectivity index (χ0v) is 12.2.